The van der Waals surface area contributed by atoms with Gasteiger partial charge in [-0.3, -0.25) is 0 Å². The van der Waals surface area contributed by atoms with Gasteiger partial charge in [0.2, 0.25) is 0 Å². The topological polar surface area (TPSA) is 43.8 Å². The number of aromatic nitrogens is 2. The van der Waals surface area contributed by atoms with Crippen molar-refractivity contribution >= 4 is 5.69 Å². The second-order valence-corrected chi connectivity index (χ2v) is 4.37. The highest BCUT2D eigenvalue weighted by Crippen LogP contribution is 2.24. The highest BCUT2D eigenvalue weighted by Gasteiger charge is 2.14. The molecule has 0 aliphatic heterocycles. The second-order valence-electron chi connectivity index (χ2n) is 4.37. The zero-order valence-electron chi connectivity index (χ0n) is 10.4. The van der Waals surface area contributed by atoms with Gasteiger partial charge in [0.1, 0.15) is 5.69 Å². The summed E-state index contributed by atoms with van der Waals surface area (Å²) in [6.07, 6.45) is 3.14. The lowest BCUT2D eigenvalue weighted by molar-refractivity contribution is 0.561. The van der Waals surface area contributed by atoms with Crippen LogP contribution in [-0.2, 0) is 0 Å². The molecule has 3 nitrogen and oxygen atoms in total. The standard InChI is InChI=1S/C15H11F2N3/c16-13-6-12(18)7-14(17)15(13)20-9-11(8-19-20)10-4-2-1-3-5-10/h1-9H,18H2. The number of nitrogens with zero attached hydrogens (tertiary/aromatic N) is 2. The molecule has 0 saturated heterocycles. The van der Waals surface area contributed by atoms with Gasteiger partial charge < -0.3 is 5.73 Å². The molecule has 0 fully saturated rings. The summed E-state index contributed by atoms with van der Waals surface area (Å²) in [6, 6.07) is 11.6. The van der Waals surface area contributed by atoms with Crippen molar-refractivity contribution < 1.29 is 8.78 Å². The SMILES string of the molecule is Nc1cc(F)c(-n2cc(-c3ccccc3)cn2)c(F)c1. The van der Waals surface area contributed by atoms with Crippen molar-refractivity contribution in [1.82, 2.24) is 9.78 Å². The minimum Gasteiger partial charge on any atom is -0.399 e. The molecule has 1 heterocycles. The number of hydrogen-bond acceptors (Lipinski definition) is 2. The Hall–Kier alpha value is -2.69. The molecule has 0 aliphatic rings. The van der Waals surface area contributed by atoms with E-state index in [1.165, 1.54) is 4.68 Å². The second kappa shape index (κ2) is 4.77. The fourth-order valence-corrected chi connectivity index (χ4v) is 2.03. The molecule has 1 aromatic heterocycles. The van der Waals surface area contributed by atoms with Crippen LogP contribution in [0.25, 0.3) is 16.8 Å². The van der Waals surface area contributed by atoms with Crippen molar-refractivity contribution in [1.29, 1.82) is 0 Å². The molecule has 0 saturated carbocycles. The van der Waals surface area contributed by atoms with Gasteiger partial charge in [-0.25, -0.2) is 13.5 Å². The van der Waals surface area contributed by atoms with E-state index in [4.69, 9.17) is 5.73 Å². The molecular formula is C15H11F2N3. The van der Waals surface area contributed by atoms with Crippen LogP contribution in [0.2, 0.25) is 0 Å². The van der Waals surface area contributed by atoms with Crippen molar-refractivity contribution in [2.75, 3.05) is 5.73 Å². The first-order valence-corrected chi connectivity index (χ1v) is 6.00. The van der Waals surface area contributed by atoms with Crippen LogP contribution in [0.5, 0.6) is 0 Å². The number of nitrogen functional groups attached to an aromatic ring is 1. The maximum atomic E-state index is 13.8. The van der Waals surface area contributed by atoms with Crippen LogP contribution in [0.3, 0.4) is 0 Å². The Bertz CT molecular complexity index is 728. The summed E-state index contributed by atoms with van der Waals surface area (Å²) in [5, 5.41) is 4.01. The Morgan fingerprint density at radius 2 is 1.60 bits per heavy atom. The van der Waals surface area contributed by atoms with Gasteiger partial charge >= 0.3 is 0 Å². The Morgan fingerprint density at radius 3 is 2.25 bits per heavy atom. The summed E-state index contributed by atoms with van der Waals surface area (Å²) < 4.78 is 28.8. The van der Waals surface area contributed by atoms with Gasteiger partial charge in [0.05, 0.1) is 6.20 Å². The van der Waals surface area contributed by atoms with E-state index < -0.39 is 11.6 Å². The predicted molar refractivity (Wildman–Crippen MR) is 73.3 cm³/mol. The molecule has 0 unspecified atom stereocenters. The summed E-state index contributed by atoms with van der Waals surface area (Å²) in [4.78, 5) is 0. The maximum Gasteiger partial charge on any atom is 0.153 e. The van der Waals surface area contributed by atoms with E-state index in [0.29, 0.717) is 0 Å². The first-order valence-electron chi connectivity index (χ1n) is 6.00. The molecule has 0 spiro atoms. The predicted octanol–water partition coefficient (Wildman–Crippen LogP) is 3.40. The van der Waals surface area contributed by atoms with E-state index in [9.17, 15) is 8.78 Å². The number of hydrogen-bond donors (Lipinski definition) is 1. The Labute approximate surface area is 114 Å². The summed E-state index contributed by atoms with van der Waals surface area (Å²) >= 11 is 0. The van der Waals surface area contributed by atoms with Crippen LogP contribution in [0.1, 0.15) is 0 Å². The van der Waals surface area contributed by atoms with Crippen molar-refractivity contribution in [2.24, 2.45) is 0 Å². The molecule has 5 heteroatoms. The zero-order chi connectivity index (χ0) is 14.1. The molecule has 20 heavy (non-hydrogen) atoms. The maximum absolute atomic E-state index is 13.8. The lowest BCUT2D eigenvalue weighted by Gasteiger charge is -2.05. The largest absolute Gasteiger partial charge is 0.399 e. The van der Waals surface area contributed by atoms with E-state index in [0.717, 1.165) is 23.3 Å². The smallest absolute Gasteiger partial charge is 0.153 e. The van der Waals surface area contributed by atoms with E-state index >= 15 is 0 Å². The summed E-state index contributed by atoms with van der Waals surface area (Å²) in [5.74, 6) is -1.49. The van der Waals surface area contributed by atoms with Gasteiger partial charge in [0, 0.05) is 17.4 Å². The normalized spacial score (nSPS) is 10.7. The monoisotopic (exact) mass is 271 g/mol. The molecule has 3 rings (SSSR count). The number of benzene rings is 2. The van der Waals surface area contributed by atoms with Crippen molar-refractivity contribution in [3.63, 3.8) is 0 Å². The lowest BCUT2D eigenvalue weighted by Crippen LogP contribution is -2.03. The number of rotatable bonds is 2. The van der Waals surface area contributed by atoms with E-state index in [1.807, 2.05) is 30.3 Å². The third kappa shape index (κ3) is 2.14. The van der Waals surface area contributed by atoms with Gasteiger partial charge in [-0.1, -0.05) is 30.3 Å². The first-order chi connectivity index (χ1) is 9.65. The van der Waals surface area contributed by atoms with Gasteiger partial charge in [-0.05, 0) is 17.7 Å². The summed E-state index contributed by atoms with van der Waals surface area (Å²) in [5.41, 5.74) is 6.90. The molecule has 0 aliphatic carbocycles. The lowest BCUT2D eigenvalue weighted by atomic mass is 10.1. The Kier molecular flexibility index (Phi) is 2.95. The van der Waals surface area contributed by atoms with E-state index in [-0.39, 0.29) is 11.4 Å². The average molecular weight is 271 g/mol. The molecule has 2 aromatic carbocycles. The van der Waals surface area contributed by atoms with Gasteiger partial charge in [0.25, 0.3) is 0 Å². The van der Waals surface area contributed by atoms with Crippen molar-refractivity contribution in [3.05, 3.63) is 66.5 Å². The van der Waals surface area contributed by atoms with Crippen LogP contribution in [0.4, 0.5) is 14.5 Å². The quantitative estimate of drug-likeness (QED) is 0.726. The number of halogens is 2. The van der Waals surface area contributed by atoms with E-state index in [1.54, 1.807) is 12.4 Å². The highest BCUT2D eigenvalue weighted by atomic mass is 19.1. The zero-order valence-corrected chi connectivity index (χ0v) is 10.4. The Balaban J connectivity index is 2.07. The number of anilines is 1. The average Bonchev–Trinajstić information content (AvgIpc) is 2.88. The van der Waals surface area contributed by atoms with E-state index in [2.05, 4.69) is 5.10 Å². The van der Waals surface area contributed by atoms with Crippen LogP contribution in [-0.4, -0.2) is 9.78 Å². The van der Waals surface area contributed by atoms with Gasteiger partial charge in [-0.15, -0.1) is 0 Å². The third-order valence-corrected chi connectivity index (χ3v) is 2.96. The summed E-state index contributed by atoms with van der Waals surface area (Å²) in [6.45, 7) is 0. The minimum atomic E-state index is -0.745. The fourth-order valence-electron chi connectivity index (χ4n) is 2.03. The minimum absolute atomic E-state index is 0.0409. The molecule has 0 radical (unpaired) electrons. The molecule has 0 bridgehead atoms. The summed E-state index contributed by atoms with van der Waals surface area (Å²) in [7, 11) is 0. The van der Waals surface area contributed by atoms with Gasteiger partial charge in [0.15, 0.2) is 11.6 Å². The van der Waals surface area contributed by atoms with Crippen LogP contribution >= 0.6 is 0 Å². The Morgan fingerprint density at radius 1 is 0.950 bits per heavy atom. The third-order valence-electron chi connectivity index (χ3n) is 2.96. The molecule has 100 valence electrons. The highest BCUT2D eigenvalue weighted by molar-refractivity contribution is 5.62. The van der Waals surface area contributed by atoms with Crippen molar-refractivity contribution in [2.45, 2.75) is 0 Å². The molecule has 3 aromatic rings. The van der Waals surface area contributed by atoms with Crippen LogP contribution in [0.15, 0.2) is 54.9 Å². The van der Waals surface area contributed by atoms with Gasteiger partial charge in [-0.2, -0.15) is 5.10 Å². The van der Waals surface area contributed by atoms with Crippen molar-refractivity contribution in [3.8, 4) is 16.8 Å². The first kappa shape index (κ1) is 12.3. The fraction of sp³-hybridized carbons (Fsp3) is 0. The van der Waals surface area contributed by atoms with Crippen LogP contribution in [0, 0.1) is 11.6 Å². The number of nitrogens with two attached hydrogens (primary N) is 1. The molecule has 2 N–H and O–H groups in total. The molecular weight excluding hydrogens is 260 g/mol. The molecule has 0 amide bonds. The van der Waals surface area contributed by atoms with Crippen LogP contribution < -0.4 is 5.73 Å². The molecule has 0 atom stereocenters.